The van der Waals surface area contributed by atoms with E-state index >= 15 is 0 Å². The zero-order valence-corrected chi connectivity index (χ0v) is 16.9. The number of imidazole rings is 1. The summed E-state index contributed by atoms with van der Waals surface area (Å²) >= 11 is 0. The van der Waals surface area contributed by atoms with Crippen molar-refractivity contribution in [2.45, 2.75) is 10.9 Å². The number of hydrogen-bond donors (Lipinski definition) is 1. The maximum Gasteiger partial charge on any atom is 0.241 e. The Morgan fingerprint density at radius 3 is 2.24 bits per heavy atom. The van der Waals surface area contributed by atoms with E-state index in [0.717, 1.165) is 16.6 Å². The van der Waals surface area contributed by atoms with Crippen LogP contribution in [0.1, 0.15) is 17.4 Å². The number of methoxy groups -OCH3 is 1. The number of ether oxygens (including phenoxy) is 1. The molecule has 4 aromatic rings. The molecule has 0 fully saturated rings. The summed E-state index contributed by atoms with van der Waals surface area (Å²) in [6.07, 6.45) is 0. The Bertz CT molecular complexity index is 1230. The van der Waals surface area contributed by atoms with Gasteiger partial charge in [0.15, 0.2) is 0 Å². The van der Waals surface area contributed by atoms with Crippen LogP contribution in [-0.2, 0) is 17.1 Å². The number of aromatic nitrogens is 2. The minimum atomic E-state index is -3.79. The molecule has 1 atom stereocenters. The van der Waals surface area contributed by atoms with Crippen LogP contribution in [0.15, 0.2) is 83.8 Å². The van der Waals surface area contributed by atoms with E-state index in [-0.39, 0.29) is 4.90 Å². The molecule has 1 aromatic heterocycles. The fourth-order valence-electron chi connectivity index (χ4n) is 3.32. The quantitative estimate of drug-likeness (QED) is 0.530. The van der Waals surface area contributed by atoms with Crippen molar-refractivity contribution in [1.29, 1.82) is 0 Å². The number of nitrogens with one attached hydrogen (secondary N) is 1. The summed E-state index contributed by atoms with van der Waals surface area (Å²) in [6, 6.07) is 22.8. The average molecular weight is 407 g/mol. The fraction of sp³-hybridized carbons (Fsp3) is 0.136. The van der Waals surface area contributed by atoms with Crippen LogP contribution in [0.3, 0.4) is 0 Å². The lowest BCUT2D eigenvalue weighted by Gasteiger charge is -2.19. The summed E-state index contributed by atoms with van der Waals surface area (Å²) in [7, 11) is -0.362. The van der Waals surface area contributed by atoms with Gasteiger partial charge in [-0.3, -0.25) is 0 Å². The van der Waals surface area contributed by atoms with Gasteiger partial charge in [0.25, 0.3) is 0 Å². The highest BCUT2D eigenvalue weighted by Gasteiger charge is 2.26. The highest BCUT2D eigenvalue weighted by Crippen LogP contribution is 2.27. The van der Waals surface area contributed by atoms with Crippen LogP contribution >= 0.6 is 0 Å². The smallest absolute Gasteiger partial charge is 0.241 e. The first-order chi connectivity index (χ1) is 14.0. The first-order valence-electron chi connectivity index (χ1n) is 9.12. The van der Waals surface area contributed by atoms with E-state index in [4.69, 9.17) is 9.72 Å². The molecule has 148 valence electrons. The predicted octanol–water partition coefficient (Wildman–Crippen LogP) is 3.65. The van der Waals surface area contributed by atoms with E-state index in [1.54, 1.807) is 19.2 Å². The number of aryl methyl sites for hydroxylation is 1. The Hall–Kier alpha value is -3.16. The molecule has 0 radical (unpaired) electrons. The lowest BCUT2D eigenvalue weighted by molar-refractivity contribution is 0.414. The number of benzene rings is 3. The first-order valence-corrected chi connectivity index (χ1v) is 10.6. The van der Waals surface area contributed by atoms with E-state index in [1.165, 1.54) is 12.1 Å². The molecular weight excluding hydrogens is 386 g/mol. The second-order valence-corrected chi connectivity index (χ2v) is 8.37. The van der Waals surface area contributed by atoms with Gasteiger partial charge in [-0.1, -0.05) is 42.5 Å². The van der Waals surface area contributed by atoms with Gasteiger partial charge in [-0.15, -0.1) is 0 Å². The highest BCUT2D eigenvalue weighted by atomic mass is 32.2. The third kappa shape index (κ3) is 3.74. The highest BCUT2D eigenvalue weighted by molar-refractivity contribution is 7.89. The summed E-state index contributed by atoms with van der Waals surface area (Å²) in [6.45, 7) is 0. The molecular formula is C22H21N3O3S. The maximum absolute atomic E-state index is 13.1. The van der Waals surface area contributed by atoms with Gasteiger partial charge in [0, 0.05) is 7.05 Å². The molecule has 4 rings (SSSR count). The molecule has 6 nitrogen and oxygen atoms in total. The lowest BCUT2D eigenvalue weighted by atomic mass is 10.1. The zero-order valence-electron chi connectivity index (χ0n) is 16.1. The molecule has 29 heavy (non-hydrogen) atoms. The van der Waals surface area contributed by atoms with E-state index in [0.29, 0.717) is 11.6 Å². The predicted molar refractivity (Wildman–Crippen MR) is 112 cm³/mol. The van der Waals surface area contributed by atoms with Crippen molar-refractivity contribution in [1.82, 2.24) is 14.3 Å². The van der Waals surface area contributed by atoms with Crippen molar-refractivity contribution in [3.63, 3.8) is 0 Å². The van der Waals surface area contributed by atoms with Crippen molar-refractivity contribution < 1.29 is 13.2 Å². The van der Waals surface area contributed by atoms with E-state index in [2.05, 4.69) is 4.72 Å². The summed E-state index contributed by atoms with van der Waals surface area (Å²) in [5.74, 6) is 1.22. The van der Waals surface area contributed by atoms with Gasteiger partial charge < -0.3 is 9.30 Å². The molecule has 7 heteroatoms. The van der Waals surface area contributed by atoms with Crippen molar-refractivity contribution >= 4 is 21.1 Å². The number of sulfonamides is 1. The van der Waals surface area contributed by atoms with E-state index < -0.39 is 16.1 Å². The van der Waals surface area contributed by atoms with Crippen LogP contribution in [-0.4, -0.2) is 25.1 Å². The van der Waals surface area contributed by atoms with E-state index in [1.807, 2.05) is 66.2 Å². The Morgan fingerprint density at radius 2 is 1.59 bits per heavy atom. The minimum Gasteiger partial charge on any atom is -0.497 e. The molecule has 3 aromatic carbocycles. The molecule has 0 saturated heterocycles. The summed E-state index contributed by atoms with van der Waals surface area (Å²) in [4.78, 5) is 4.88. The molecule has 0 aliphatic heterocycles. The molecule has 1 unspecified atom stereocenters. The number of hydrogen-bond acceptors (Lipinski definition) is 4. The van der Waals surface area contributed by atoms with Gasteiger partial charge >= 0.3 is 0 Å². The summed E-state index contributed by atoms with van der Waals surface area (Å²) in [5, 5.41) is 0. The second-order valence-electron chi connectivity index (χ2n) is 6.66. The summed E-state index contributed by atoms with van der Waals surface area (Å²) in [5.41, 5.74) is 2.56. The van der Waals surface area contributed by atoms with Gasteiger partial charge in [-0.2, -0.15) is 4.72 Å². The molecule has 0 aliphatic rings. The molecule has 0 bridgehead atoms. The Kier molecular flexibility index (Phi) is 5.08. The number of para-hydroxylation sites is 2. The van der Waals surface area contributed by atoms with Crippen LogP contribution in [0.5, 0.6) is 5.75 Å². The Morgan fingerprint density at radius 1 is 0.931 bits per heavy atom. The van der Waals surface area contributed by atoms with Gasteiger partial charge in [0.05, 0.1) is 23.0 Å². The van der Waals surface area contributed by atoms with Crippen molar-refractivity contribution in [2.75, 3.05) is 7.11 Å². The minimum absolute atomic E-state index is 0.165. The van der Waals surface area contributed by atoms with Crippen LogP contribution in [0.25, 0.3) is 11.0 Å². The molecule has 1 heterocycles. The zero-order chi connectivity index (χ0) is 20.4. The van der Waals surface area contributed by atoms with Crippen LogP contribution in [0, 0.1) is 0 Å². The molecule has 0 aliphatic carbocycles. The maximum atomic E-state index is 13.1. The van der Waals surface area contributed by atoms with Gasteiger partial charge in [0.1, 0.15) is 17.6 Å². The Labute approximate surface area is 169 Å². The van der Waals surface area contributed by atoms with Crippen LogP contribution < -0.4 is 9.46 Å². The molecule has 1 N–H and O–H groups in total. The van der Waals surface area contributed by atoms with E-state index in [9.17, 15) is 8.42 Å². The third-order valence-electron chi connectivity index (χ3n) is 4.86. The van der Waals surface area contributed by atoms with Gasteiger partial charge in [0.2, 0.25) is 10.0 Å². The van der Waals surface area contributed by atoms with Crippen molar-refractivity contribution in [3.05, 3.63) is 90.3 Å². The van der Waals surface area contributed by atoms with Crippen LogP contribution in [0.2, 0.25) is 0 Å². The fourth-order valence-corrected chi connectivity index (χ4v) is 4.50. The van der Waals surface area contributed by atoms with Crippen molar-refractivity contribution in [3.8, 4) is 5.75 Å². The van der Waals surface area contributed by atoms with Crippen LogP contribution in [0.4, 0.5) is 0 Å². The average Bonchev–Trinajstić information content (AvgIpc) is 3.09. The lowest BCUT2D eigenvalue weighted by Crippen LogP contribution is -2.31. The number of nitrogens with zero attached hydrogens (tertiary/aromatic N) is 2. The molecule has 0 spiro atoms. The molecule has 0 amide bonds. The number of rotatable bonds is 6. The standard InChI is InChI=1S/C22H21N3O3S/c1-25-20-11-7-6-10-19(20)23-22(25)21(16-8-4-3-5-9-16)24-29(26,27)18-14-12-17(28-2)13-15-18/h3-15,21,24H,1-2H3. The second kappa shape index (κ2) is 7.69. The number of fused-ring (bicyclic) bond motifs is 1. The normalized spacial score (nSPS) is 12.8. The first kappa shape index (κ1) is 19.2. The van der Waals surface area contributed by atoms with Gasteiger partial charge in [-0.05, 0) is 42.0 Å². The summed E-state index contributed by atoms with van der Waals surface area (Å²) < 4.78 is 36.1. The topological polar surface area (TPSA) is 73.2 Å². The molecule has 0 saturated carbocycles. The van der Waals surface area contributed by atoms with Gasteiger partial charge in [-0.25, -0.2) is 13.4 Å². The third-order valence-corrected chi connectivity index (χ3v) is 6.29. The monoisotopic (exact) mass is 407 g/mol. The Balaban J connectivity index is 1.79. The largest absolute Gasteiger partial charge is 0.497 e. The van der Waals surface area contributed by atoms with Crippen molar-refractivity contribution in [2.24, 2.45) is 7.05 Å². The SMILES string of the molecule is COc1ccc(S(=O)(=O)NC(c2ccccc2)c2nc3ccccc3n2C)cc1.